The molecule has 2 aromatic heterocycles. The molecule has 0 N–H and O–H groups in total. The van der Waals surface area contributed by atoms with E-state index in [0.717, 1.165) is 32.2 Å². The van der Waals surface area contributed by atoms with Gasteiger partial charge in [-0.1, -0.05) is 53.8 Å². The van der Waals surface area contributed by atoms with Crippen LogP contribution in [0.25, 0.3) is 10.2 Å². The van der Waals surface area contributed by atoms with E-state index >= 15 is 0 Å². The Labute approximate surface area is 168 Å². The lowest BCUT2D eigenvalue weighted by Gasteiger charge is -2.19. The van der Waals surface area contributed by atoms with Gasteiger partial charge in [0.2, 0.25) is 5.91 Å². The van der Waals surface area contributed by atoms with Crippen molar-refractivity contribution in [3.05, 3.63) is 89.2 Å². The van der Waals surface area contributed by atoms with Crippen LogP contribution in [0.4, 0.5) is 5.13 Å². The van der Waals surface area contributed by atoms with E-state index in [1.54, 1.807) is 22.4 Å². The number of fused-ring (bicyclic) bond motifs is 1. The van der Waals surface area contributed by atoms with Crippen molar-refractivity contribution in [2.45, 2.75) is 26.8 Å². The third kappa shape index (κ3) is 3.80. The molecule has 1 amide bonds. The summed E-state index contributed by atoms with van der Waals surface area (Å²) in [6.45, 7) is 4.57. The fraction of sp³-hybridized carbons (Fsp3) is 0.174. The molecule has 140 valence electrons. The summed E-state index contributed by atoms with van der Waals surface area (Å²) in [5.41, 5.74) is 5.17. The largest absolute Gasteiger partial charge is 0.282 e. The summed E-state index contributed by atoms with van der Waals surface area (Å²) >= 11 is 1.55. The van der Waals surface area contributed by atoms with E-state index in [2.05, 4.69) is 31.0 Å². The van der Waals surface area contributed by atoms with Gasteiger partial charge in [0.15, 0.2) is 5.13 Å². The van der Waals surface area contributed by atoms with Crippen LogP contribution in [0.1, 0.15) is 22.4 Å². The number of carbonyl (C=O) groups is 1. The average Bonchev–Trinajstić information content (AvgIpc) is 3.15. The summed E-state index contributed by atoms with van der Waals surface area (Å²) in [7, 11) is 0. The maximum absolute atomic E-state index is 13.2. The van der Waals surface area contributed by atoms with Gasteiger partial charge in [-0.3, -0.25) is 14.7 Å². The number of anilines is 1. The highest BCUT2D eigenvalue weighted by molar-refractivity contribution is 7.22. The Hall–Kier alpha value is -3.05. The quantitative estimate of drug-likeness (QED) is 0.479. The van der Waals surface area contributed by atoms with Crippen LogP contribution in [0.5, 0.6) is 0 Å². The number of amides is 1. The first-order valence-corrected chi connectivity index (χ1v) is 10.0. The van der Waals surface area contributed by atoms with E-state index in [0.29, 0.717) is 13.0 Å². The van der Waals surface area contributed by atoms with Crippen molar-refractivity contribution in [2.75, 3.05) is 4.90 Å². The third-order valence-corrected chi connectivity index (χ3v) is 5.89. The normalized spacial score (nSPS) is 10.9. The van der Waals surface area contributed by atoms with Gasteiger partial charge in [0, 0.05) is 6.20 Å². The second kappa shape index (κ2) is 7.90. The SMILES string of the molecule is Cc1ccc2sc(N(Cc3ccccn3)C(=O)Cc3ccccc3)nc2c1C. The molecule has 0 aliphatic rings. The number of nitrogens with zero attached hydrogens (tertiary/aromatic N) is 3. The van der Waals surface area contributed by atoms with Crippen molar-refractivity contribution >= 4 is 32.6 Å². The average molecular weight is 388 g/mol. The van der Waals surface area contributed by atoms with Crippen LogP contribution in [-0.4, -0.2) is 15.9 Å². The molecule has 4 nitrogen and oxygen atoms in total. The zero-order chi connectivity index (χ0) is 19.5. The fourth-order valence-corrected chi connectivity index (χ4v) is 4.15. The van der Waals surface area contributed by atoms with Crippen LogP contribution in [0, 0.1) is 13.8 Å². The van der Waals surface area contributed by atoms with Gasteiger partial charge in [0.05, 0.1) is 28.9 Å². The number of thiazole rings is 1. The van der Waals surface area contributed by atoms with E-state index in [-0.39, 0.29) is 5.91 Å². The lowest BCUT2D eigenvalue weighted by Crippen LogP contribution is -2.32. The first kappa shape index (κ1) is 18.3. The monoisotopic (exact) mass is 387 g/mol. The summed E-state index contributed by atoms with van der Waals surface area (Å²) in [5, 5.41) is 0.718. The maximum Gasteiger partial charge on any atom is 0.233 e. The van der Waals surface area contributed by atoms with Crippen molar-refractivity contribution in [3.63, 3.8) is 0 Å². The Kier molecular flexibility index (Phi) is 5.17. The smallest absolute Gasteiger partial charge is 0.233 e. The zero-order valence-electron chi connectivity index (χ0n) is 15.9. The van der Waals surface area contributed by atoms with E-state index in [4.69, 9.17) is 4.98 Å². The van der Waals surface area contributed by atoms with Gasteiger partial charge in [-0.25, -0.2) is 4.98 Å². The summed E-state index contributed by atoms with van der Waals surface area (Å²) in [6, 6.07) is 19.8. The first-order valence-electron chi connectivity index (χ1n) is 9.23. The molecule has 0 saturated heterocycles. The molecule has 2 aromatic carbocycles. The molecule has 0 atom stereocenters. The van der Waals surface area contributed by atoms with Gasteiger partial charge >= 0.3 is 0 Å². The Morgan fingerprint density at radius 3 is 2.54 bits per heavy atom. The lowest BCUT2D eigenvalue weighted by atomic mass is 10.1. The predicted molar refractivity (Wildman–Crippen MR) is 115 cm³/mol. The standard InChI is InChI=1S/C23H21N3OS/c1-16-11-12-20-22(17(16)2)25-23(28-20)26(15-19-10-6-7-13-24-19)21(27)14-18-8-4-3-5-9-18/h3-13H,14-15H2,1-2H3. The van der Waals surface area contributed by atoms with Crippen LogP contribution in [0.2, 0.25) is 0 Å². The highest BCUT2D eigenvalue weighted by Crippen LogP contribution is 2.32. The molecule has 5 heteroatoms. The lowest BCUT2D eigenvalue weighted by molar-refractivity contribution is -0.118. The number of hydrogen-bond donors (Lipinski definition) is 0. The molecular weight excluding hydrogens is 366 g/mol. The maximum atomic E-state index is 13.2. The fourth-order valence-electron chi connectivity index (χ4n) is 3.11. The molecule has 0 spiro atoms. The molecule has 28 heavy (non-hydrogen) atoms. The number of aryl methyl sites for hydroxylation is 2. The molecule has 0 fully saturated rings. The zero-order valence-corrected chi connectivity index (χ0v) is 16.7. The summed E-state index contributed by atoms with van der Waals surface area (Å²) in [6.07, 6.45) is 2.09. The Bertz CT molecular complexity index is 1110. The Morgan fingerprint density at radius 1 is 1.00 bits per heavy atom. The molecule has 0 aliphatic carbocycles. The molecule has 0 saturated carbocycles. The summed E-state index contributed by atoms with van der Waals surface area (Å²) < 4.78 is 1.09. The molecule has 0 aliphatic heterocycles. The van der Waals surface area contributed by atoms with Crippen LogP contribution in [-0.2, 0) is 17.8 Å². The van der Waals surface area contributed by atoms with Crippen LogP contribution in [0.3, 0.4) is 0 Å². The minimum Gasteiger partial charge on any atom is -0.282 e. The van der Waals surface area contributed by atoms with Gasteiger partial charge in [-0.15, -0.1) is 0 Å². The molecular formula is C23H21N3OS. The first-order chi connectivity index (χ1) is 13.6. The van der Waals surface area contributed by atoms with Crippen molar-refractivity contribution < 1.29 is 4.79 Å². The van der Waals surface area contributed by atoms with Crippen molar-refractivity contribution in [2.24, 2.45) is 0 Å². The number of rotatable bonds is 5. The van der Waals surface area contributed by atoms with E-state index < -0.39 is 0 Å². The second-order valence-electron chi connectivity index (χ2n) is 6.81. The Balaban J connectivity index is 1.72. The van der Waals surface area contributed by atoms with E-state index in [9.17, 15) is 4.79 Å². The van der Waals surface area contributed by atoms with Crippen LogP contribution >= 0.6 is 11.3 Å². The highest BCUT2D eigenvalue weighted by Gasteiger charge is 2.21. The van der Waals surface area contributed by atoms with Gasteiger partial charge < -0.3 is 0 Å². The van der Waals surface area contributed by atoms with Crippen LogP contribution in [0.15, 0.2) is 66.9 Å². The topological polar surface area (TPSA) is 46.1 Å². The molecule has 2 heterocycles. The second-order valence-corrected chi connectivity index (χ2v) is 7.82. The number of benzene rings is 2. The van der Waals surface area contributed by atoms with Gasteiger partial charge in [0.25, 0.3) is 0 Å². The van der Waals surface area contributed by atoms with Gasteiger partial charge in [-0.05, 0) is 48.7 Å². The minimum atomic E-state index is 0.0188. The number of pyridine rings is 1. The van der Waals surface area contributed by atoms with Gasteiger partial charge in [0.1, 0.15) is 0 Å². The van der Waals surface area contributed by atoms with E-state index in [1.165, 1.54) is 5.56 Å². The predicted octanol–water partition coefficient (Wildman–Crippen LogP) is 5.08. The van der Waals surface area contributed by atoms with E-state index in [1.807, 2.05) is 48.5 Å². The molecule has 0 bridgehead atoms. The molecule has 4 rings (SSSR count). The van der Waals surface area contributed by atoms with Crippen molar-refractivity contribution in [1.29, 1.82) is 0 Å². The highest BCUT2D eigenvalue weighted by atomic mass is 32.1. The molecule has 0 unspecified atom stereocenters. The van der Waals surface area contributed by atoms with Crippen molar-refractivity contribution in [3.8, 4) is 0 Å². The number of aromatic nitrogens is 2. The van der Waals surface area contributed by atoms with Crippen molar-refractivity contribution in [1.82, 2.24) is 9.97 Å². The molecule has 0 radical (unpaired) electrons. The minimum absolute atomic E-state index is 0.0188. The summed E-state index contributed by atoms with van der Waals surface area (Å²) in [5.74, 6) is 0.0188. The van der Waals surface area contributed by atoms with Crippen LogP contribution < -0.4 is 4.90 Å². The number of carbonyl (C=O) groups excluding carboxylic acids is 1. The Morgan fingerprint density at radius 2 is 1.79 bits per heavy atom. The molecule has 4 aromatic rings. The van der Waals surface area contributed by atoms with Gasteiger partial charge in [-0.2, -0.15) is 0 Å². The third-order valence-electron chi connectivity index (χ3n) is 4.85. The number of hydrogen-bond acceptors (Lipinski definition) is 4. The summed E-state index contributed by atoms with van der Waals surface area (Å²) in [4.78, 5) is 24.2.